The van der Waals surface area contributed by atoms with Crippen molar-refractivity contribution in [2.24, 2.45) is 0 Å². The lowest BCUT2D eigenvalue weighted by atomic mass is 10.4. The van der Waals surface area contributed by atoms with Crippen LogP contribution in [0, 0.1) is 0 Å². The van der Waals surface area contributed by atoms with Gasteiger partial charge in [0, 0.05) is 0 Å². The maximum absolute atomic E-state index is 10.9. The van der Waals surface area contributed by atoms with Crippen LogP contribution < -0.4 is 10.6 Å². The molecule has 0 saturated heterocycles. The van der Waals surface area contributed by atoms with E-state index in [4.69, 9.17) is 4.74 Å². The maximum atomic E-state index is 10.9. The third-order valence-electron chi connectivity index (χ3n) is 1.19. The number of hydrogen-bond acceptors (Lipinski definition) is 6. The molecule has 0 radical (unpaired) electrons. The topological polar surface area (TPSA) is 78.1 Å². The molecule has 0 heterocycles. The van der Waals surface area contributed by atoms with Crippen LogP contribution in [0.3, 0.4) is 0 Å². The molecule has 0 spiro atoms. The highest BCUT2D eigenvalue weighted by atomic mass is 17.2. The maximum Gasteiger partial charge on any atom is 0.411 e. The van der Waals surface area contributed by atoms with E-state index >= 15 is 0 Å². The Morgan fingerprint density at radius 1 is 1.31 bits per heavy atom. The van der Waals surface area contributed by atoms with Crippen LogP contribution in [0.25, 0.3) is 0 Å². The SMILES string of the molecule is C=C(C)COOCOC(=O)NCOCNC. The molecule has 0 bridgehead atoms. The highest BCUT2D eigenvalue weighted by molar-refractivity contribution is 5.66. The van der Waals surface area contributed by atoms with Gasteiger partial charge < -0.3 is 9.47 Å². The summed E-state index contributed by atoms with van der Waals surface area (Å²) in [6.45, 7) is 5.77. The van der Waals surface area contributed by atoms with Crippen LogP contribution in [0.1, 0.15) is 6.92 Å². The van der Waals surface area contributed by atoms with Crippen molar-refractivity contribution >= 4 is 6.09 Å². The van der Waals surface area contributed by atoms with Gasteiger partial charge in [-0.1, -0.05) is 12.2 Å². The average Bonchev–Trinajstić information content (AvgIpc) is 2.23. The summed E-state index contributed by atoms with van der Waals surface area (Å²) in [6.07, 6.45) is -0.643. The number of amides is 1. The van der Waals surface area contributed by atoms with Crippen molar-refractivity contribution in [2.75, 3.05) is 33.9 Å². The van der Waals surface area contributed by atoms with Gasteiger partial charge in [-0.3, -0.25) is 10.6 Å². The van der Waals surface area contributed by atoms with Gasteiger partial charge in [0.2, 0.25) is 6.79 Å². The summed E-state index contributed by atoms with van der Waals surface area (Å²) in [5, 5.41) is 5.09. The molecule has 0 aliphatic rings. The number of rotatable bonds is 9. The fourth-order valence-corrected chi connectivity index (χ4v) is 0.568. The zero-order chi connectivity index (χ0) is 12.2. The van der Waals surface area contributed by atoms with Crippen molar-refractivity contribution < 1.29 is 24.0 Å². The van der Waals surface area contributed by atoms with Crippen LogP contribution >= 0.6 is 0 Å². The number of nitrogens with one attached hydrogen (secondary N) is 2. The number of alkyl carbamates (subject to hydrolysis) is 1. The number of hydrogen-bond donors (Lipinski definition) is 2. The van der Waals surface area contributed by atoms with Crippen LogP contribution in [-0.4, -0.2) is 40.0 Å². The quantitative estimate of drug-likeness (QED) is 0.197. The Bertz CT molecular complexity index is 210. The molecule has 0 atom stereocenters. The van der Waals surface area contributed by atoms with E-state index < -0.39 is 6.09 Å². The molecular weight excluding hydrogens is 216 g/mol. The van der Waals surface area contributed by atoms with Gasteiger partial charge >= 0.3 is 6.09 Å². The average molecular weight is 234 g/mol. The van der Waals surface area contributed by atoms with Crippen LogP contribution in [0.15, 0.2) is 12.2 Å². The monoisotopic (exact) mass is 234 g/mol. The summed E-state index contributed by atoms with van der Waals surface area (Å²) in [4.78, 5) is 20.1. The first-order valence-corrected chi connectivity index (χ1v) is 4.68. The second-order valence-electron chi connectivity index (χ2n) is 2.91. The fourth-order valence-electron chi connectivity index (χ4n) is 0.568. The van der Waals surface area contributed by atoms with Crippen molar-refractivity contribution in [2.45, 2.75) is 6.92 Å². The molecule has 16 heavy (non-hydrogen) atoms. The van der Waals surface area contributed by atoms with Crippen LogP contribution in [0.5, 0.6) is 0 Å². The predicted octanol–water partition coefficient (Wildman–Crippen LogP) is 0.345. The molecule has 0 aromatic rings. The summed E-state index contributed by atoms with van der Waals surface area (Å²) in [7, 11) is 1.73. The molecule has 2 N–H and O–H groups in total. The smallest absolute Gasteiger partial charge is 0.411 e. The van der Waals surface area contributed by atoms with E-state index in [-0.39, 0.29) is 20.1 Å². The van der Waals surface area contributed by atoms with E-state index in [9.17, 15) is 4.79 Å². The molecule has 0 aliphatic carbocycles. The molecular formula is C9H18N2O5. The summed E-state index contributed by atoms with van der Waals surface area (Å²) in [6, 6.07) is 0. The second-order valence-corrected chi connectivity index (χ2v) is 2.91. The van der Waals surface area contributed by atoms with E-state index in [1.54, 1.807) is 14.0 Å². The summed E-state index contributed by atoms with van der Waals surface area (Å²) in [5.74, 6) is 0. The van der Waals surface area contributed by atoms with Gasteiger partial charge in [-0.25, -0.2) is 9.68 Å². The van der Waals surface area contributed by atoms with Crippen molar-refractivity contribution in [3.8, 4) is 0 Å². The molecule has 0 fully saturated rings. The molecule has 94 valence electrons. The molecule has 0 aromatic heterocycles. The second kappa shape index (κ2) is 10.4. The lowest BCUT2D eigenvalue weighted by Gasteiger charge is -2.07. The Morgan fingerprint density at radius 2 is 2.06 bits per heavy atom. The predicted molar refractivity (Wildman–Crippen MR) is 56.2 cm³/mol. The zero-order valence-electron chi connectivity index (χ0n) is 9.58. The van der Waals surface area contributed by atoms with E-state index in [0.717, 1.165) is 5.57 Å². The van der Waals surface area contributed by atoms with Crippen molar-refractivity contribution in [3.63, 3.8) is 0 Å². The largest absolute Gasteiger partial charge is 0.419 e. The van der Waals surface area contributed by atoms with Gasteiger partial charge in [0.15, 0.2) is 0 Å². The summed E-state index contributed by atoms with van der Waals surface area (Å²) in [5.41, 5.74) is 0.810. The van der Waals surface area contributed by atoms with E-state index in [0.29, 0.717) is 6.73 Å². The van der Waals surface area contributed by atoms with Crippen LogP contribution in [0.4, 0.5) is 4.79 Å². The lowest BCUT2D eigenvalue weighted by Crippen LogP contribution is -2.29. The van der Waals surface area contributed by atoms with E-state index in [1.165, 1.54) is 0 Å². The minimum Gasteiger partial charge on any atom is -0.419 e. The van der Waals surface area contributed by atoms with Gasteiger partial charge in [0.05, 0.1) is 6.73 Å². The number of carbonyl (C=O) groups is 1. The minimum atomic E-state index is -0.643. The first kappa shape index (κ1) is 14.8. The Kier molecular flexibility index (Phi) is 9.63. The van der Waals surface area contributed by atoms with Gasteiger partial charge in [0.1, 0.15) is 13.3 Å². The van der Waals surface area contributed by atoms with Gasteiger partial charge in [0.25, 0.3) is 0 Å². The van der Waals surface area contributed by atoms with Crippen LogP contribution in [-0.2, 0) is 19.2 Å². The fraction of sp³-hybridized carbons (Fsp3) is 0.667. The van der Waals surface area contributed by atoms with Crippen molar-refractivity contribution in [3.05, 3.63) is 12.2 Å². The van der Waals surface area contributed by atoms with Gasteiger partial charge in [-0.2, -0.15) is 4.89 Å². The lowest BCUT2D eigenvalue weighted by molar-refractivity contribution is -0.321. The van der Waals surface area contributed by atoms with Crippen LogP contribution in [0.2, 0.25) is 0 Å². The summed E-state index contributed by atoms with van der Waals surface area (Å²) >= 11 is 0. The first-order chi connectivity index (χ1) is 7.66. The number of carbonyl (C=O) groups excluding carboxylic acids is 1. The molecule has 0 unspecified atom stereocenters. The van der Waals surface area contributed by atoms with Crippen molar-refractivity contribution in [1.29, 1.82) is 0 Å². The first-order valence-electron chi connectivity index (χ1n) is 4.68. The molecule has 0 rings (SSSR count). The normalized spacial score (nSPS) is 9.88. The molecule has 7 nitrogen and oxygen atoms in total. The summed E-state index contributed by atoms with van der Waals surface area (Å²) < 4.78 is 9.48. The van der Waals surface area contributed by atoms with Crippen molar-refractivity contribution in [1.82, 2.24) is 10.6 Å². The molecule has 1 amide bonds. The highest BCUT2D eigenvalue weighted by Crippen LogP contribution is 1.89. The Labute approximate surface area is 94.6 Å². The standard InChI is InChI=1S/C9H18N2O5/c1-8(2)4-15-16-7-14-9(12)11-6-13-5-10-3/h10H,1,4-7H2,2-3H3,(H,11,12). The molecule has 0 saturated carbocycles. The van der Waals surface area contributed by atoms with E-state index in [2.05, 4.69) is 31.7 Å². The molecule has 0 aromatic carbocycles. The van der Waals surface area contributed by atoms with Gasteiger partial charge in [-0.15, -0.1) is 0 Å². The van der Waals surface area contributed by atoms with E-state index in [1.807, 2.05) is 0 Å². The van der Waals surface area contributed by atoms with Gasteiger partial charge in [-0.05, 0) is 14.0 Å². The molecule has 7 heteroatoms. The Balaban J connectivity index is 3.20. The highest BCUT2D eigenvalue weighted by Gasteiger charge is 2.00. The molecule has 0 aliphatic heterocycles. The number of ether oxygens (including phenoxy) is 2. The third-order valence-corrected chi connectivity index (χ3v) is 1.19. The third kappa shape index (κ3) is 10.9. The minimum absolute atomic E-state index is 0.0618. The zero-order valence-corrected chi connectivity index (χ0v) is 9.58. The Morgan fingerprint density at radius 3 is 2.69 bits per heavy atom. The Hall–Kier alpha value is -1.15.